The minimum atomic E-state index is -0.767. The highest BCUT2D eigenvalue weighted by Gasteiger charge is 2.19. The summed E-state index contributed by atoms with van der Waals surface area (Å²) in [6.07, 6.45) is 54.9. The van der Waals surface area contributed by atoms with Gasteiger partial charge >= 0.3 is 17.9 Å². The van der Waals surface area contributed by atoms with E-state index in [-0.39, 0.29) is 31.1 Å². The van der Waals surface area contributed by atoms with Gasteiger partial charge < -0.3 is 14.2 Å². The molecule has 0 aromatic rings. The van der Waals surface area contributed by atoms with Gasteiger partial charge in [-0.1, -0.05) is 245 Å². The van der Waals surface area contributed by atoms with E-state index in [0.29, 0.717) is 19.3 Å². The number of allylic oxidation sites excluding steroid dienone is 2. The van der Waals surface area contributed by atoms with Crippen molar-refractivity contribution in [2.24, 2.45) is 0 Å². The molecule has 0 N–H and O–H groups in total. The molecule has 0 amide bonds. The number of hydrogen-bond donors (Lipinski definition) is 0. The van der Waals surface area contributed by atoms with E-state index in [1.165, 1.54) is 193 Å². The average molecular weight is 847 g/mol. The molecule has 0 aliphatic carbocycles. The van der Waals surface area contributed by atoms with E-state index in [9.17, 15) is 14.4 Å². The van der Waals surface area contributed by atoms with Crippen LogP contribution in [0.2, 0.25) is 0 Å². The highest BCUT2D eigenvalue weighted by Crippen LogP contribution is 2.16. The molecular weight excluding hydrogens is 745 g/mol. The Morgan fingerprint density at radius 2 is 0.550 bits per heavy atom. The van der Waals surface area contributed by atoms with Gasteiger partial charge in [0, 0.05) is 19.3 Å². The van der Waals surface area contributed by atoms with Crippen molar-refractivity contribution in [2.75, 3.05) is 13.2 Å². The first-order valence-corrected chi connectivity index (χ1v) is 26.7. The van der Waals surface area contributed by atoms with E-state index >= 15 is 0 Å². The van der Waals surface area contributed by atoms with Crippen LogP contribution >= 0.6 is 0 Å². The summed E-state index contributed by atoms with van der Waals surface area (Å²) in [5.74, 6) is -0.861. The van der Waals surface area contributed by atoms with Gasteiger partial charge in [-0.2, -0.15) is 0 Å². The molecule has 0 heterocycles. The van der Waals surface area contributed by atoms with Crippen LogP contribution < -0.4 is 0 Å². The van der Waals surface area contributed by atoms with Gasteiger partial charge in [-0.05, 0) is 44.9 Å². The van der Waals surface area contributed by atoms with Crippen LogP contribution in [0.3, 0.4) is 0 Å². The molecule has 0 fully saturated rings. The fourth-order valence-electron chi connectivity index (χ4n) is 7.97. The molecule has 0 aromatic heterocycles. The molecule has 1 atom stereocenters. The molecule has 60 heavy (non-hydrogen) atoms. The molecule has 0 saturated heterocycles. The SMILES string of the molecule is CCCCCC/C=C\CCCCCCCC(=O)O[C@H](COC(=O)CCCCCCCCCCCC)COC(=O)CCCCCCCCCCCCCCCCCCCCC. The van der Waals surface area contributed by atoms with E-state index in [2.05, 4.69) is 32.9 Å². The Balaban J connectivity index is 4.25. The van der Waals surface area contributed by atoms with Gasteiger partial charge in [-0.3, -0.25) is 14.4 Å². The zero-order valence-corrected chi connectivity index (χ0v) is 40.5. The maximum atomic E-state index is 12.8. The van der Waals surface area contributed by atoms with Crippen molar-refractivity contribution in [3.05, 3.63) is 12.2 Å². The van der Waals surface area contributed by atoms with Gasteiger partial charge in [0.2, 0.25) is 0 Å². The van der Waals surface area contributed by atoms with Crippen molar-refractivity contribution in [3.63, 3.8) is 0 Å². The molecule has 0 rings (SSSR count). The quantitative estimate of drug-likeness (QED) is 0.0263. The summed E-state index contributed by atoms with van der Waals surface area (Å²) in [7, 11) is 0. The third-order valence-corrected chi connectivity index (χ3v) is 12.0. The summed E-state index contributed by atoms with van der Waals surface area (Å²) in [5, 5.41) is 0. The number of esters is 3. The molecule has 0 aliphatic heterocycles. The van der Waals surface area contributed by atoms with Crippen molar-refractivity contribution in [1.82, 2.24) is 0 Å². The van der Waals surface area contributed by atoms with Gasteiger partial charge in [0.05, 0.1) is 0 Å². The lowest BCUT2D eigenvalue weighted by atomic mass is 10.0. The second kappa shape index (κ2) is 49.8. The van der Waals surface area contributed by atoms with Crippen LogP contribution in [0.5, 0.6) is 0 Å². The van der Waals surface area contributed by atoms with Crippen molar-refractivity contribution in [3.8, 4) is 0 Å². The summed E-state index contributed by atoms with van der Waals surface area (Å²) in [6, 6.07) is 0. The Bertz CT molecular complexity index is 931. The first kappa shape index (κ1) is 58.1. The molecule has 0 aliphatic rings. The molecule has 6 heteroatoms. The number of hydrogen-bond acceptors (Lipinski definition) is 6. The molecule has 0 saturated carbocycles. The van der Waals surface area contributed by atoms with E-state index < -0.39 is 6.10 Å². The van der Waals surface area contributed by atoms with Crippen LogP contribution in [-0.4, -0.2) is 37.2 Å². The van der Waals surface area contributed by atoms with Crippen molar-refractivity contribution in [2.45, 2.75) is 303 Å². The van der Waals surface area contributed by atoms with Gasteiger partial charge in [0.1, 0.15) is 13.2 Å². The second-order valence-corrected chi connectivity index (χ2v) is 18.2. The number of carbonyl (C=O) groups excluding carboxylic acids is 3. The van der Waals surface area contributed by atoms with Crippen LogP contribution in [0.1, 0.15) is 297 Å². The van der Waals surface area contributed by atoms with Crippen molar-refractivity contribution >= 4 is 17.9 Å². The zero-order valence-electron chi connectivity index (χ0n) is 40.5. The highest BCUT2D eigenvalue weighted by molar-refractivity contribution is 5.71. The van der Waals surface area contributed by atoms with E-state index in [0.717, 1.165) is 64.2 Å². The number of ether oxygens (including phenoxy) is 3. The molecule has 0 unspecified atom stereocenters. The third kappa shape index (κ3) is 47.2. The Hall–Kier alpha value is -1.85. The van der Waals surface area contributed by atoms with Gasteiger partial charge in [-0.15, -0.1) is 0 Å². The predicted octanol–water partition coefficient (Wildman–Crippen LogP) is 17.4. The average Bonchev–Trinajstić information content (AvgIpc) is 3.24. The first-order valence-electron chi connectivity index (χ1n) is 26.7. The molecule has 0 spiro atoms. The molecule has 354 valence electrons. The zero-order chi connectivity index (χ0) is 43.7. The third-order valence-electron chi connectivity index (χ3n) is 12.0. The molecule has 0 aromatic carbocycles. The number of unbranched alkanes of at least 4 members (excludes halogenated alkanes) is 36. The summed E-state index contributed by atoms with van der Waals surface area (Å²) in [4.78, 5) is 37.9. The minimum Gasteiger partial charge on any atom is -0.462 e. The minimum absolute atomic E-state index is 0.0681. The fraction of sp³-hybridized carbons (Fsp3) is 0.907. The van der Waals surface area contributed by atoms with E-state index in [1.54, 1.807) is 0 Å². The first-order chi connectivity index (χ1) is 29.5. The summed E-state index contributed by atoms with van der Waals surface area (Å²) < 4.78 is 16.8. The van der Waals surface area contributed by atoms with Gasteiger partial charge in [0.15, 0.2) is 6.10 Å². The van der Waals surface area contributed by atoms with Crippen LogP contribution in [0.15, 0.2) is 12.2 Å². The van der Waals surface area contributed by atoms with Crippen molar-refractivity contribution in [1.29, 1.82) is 0 Å². The molecular formula is C54H102O6. The van der Waals surface area contributed by atoms with E-state index in [4.69, 9.17) is 14.2 Å². The van der Waals surface area contributed by atoms with Crippen LogP contribution in [0, 0.1) is 0 Å². The molecule has 0 bridgehead atoms. The number of rotatable bonds is 49. The predicted molar refractivity (Wildman–Crippen MR) is 256 cm³/mol. The second-order valence-electron chi connectivity index (χ2n) is 18.2. The largest absolute Gasteiger partial charge is 0.462 e. The molecule has 6 nitrogen and oxygen atoms in total. The lowest BCUT2D eigenvalue weighted by Gasteiger charge is -2.18. The Kier molecular flexibility index (Phi) is 48.3. The number of carbonyl (C=O) groups is 3. The molecule has 0 radical (unpaired) electrons. The van der Waals surface area contributed by atoms with Crippen LogP contribution in [0.25, 0.3) is 0 Å². The maximum Gasteiger partial charge on any atom is 0.306 e. The normalized spacial score (nSPS) is 12.0. The Morgan fingerprint density at radius 1 is 0.317 bits per heavy atom. The fourth-order valence-corrected chi connectivity index (χ4v) is 7.97. The summed E-state index contributed by atoms with van der Waals surface area (Å²) in [5.41, 5.74) is 0. The Morgan fingerprint density at radius 3 is 0.850 bits per heavy atom. The lowest BCUT2D eigenvalue weighted by molar-refractivity contribution is -0.167. The Labute approximate surface area is 373 Å². The summed E-state index contributed by atoms with van der Waals surface area (Å²) >= 11 is 0. The van der Waals surface area contributed by atoms with Crippen molar-refractivity contribution < 1.29 is 28.6 Å². The lowest BCUT2D eigenvalue weighted by Crippen LogP contribution is -2.30. The van der Waals surface area contributed by atoms with Crippen LogP contribution in [-0.2, 0) is 28.6 Å². The summed E-state index contributed by atoms with van der Waals surface area (Å²) in [6.45, 7) is 6.64. The smallest absolute Gasteiger partial charge is 0.306 e. The van der Waals surface area contributed by atoms with Gasteiger partial charge in [-0.25, -0.2) is 0 Å². The highest BCUT2D eigenvalue weighted by atomic mass is 16.6. The van der Waals surface area contributed by atoms with E-state index in [1.807, 2.05) is 0 Å². The standard InChI is InChI=1S/C54H102O6/c1-4-7-10-13-16-19-22-24-25-26-27-28-29-31-32-35-38-41-44-47-53(56)59-50-51(49-58-52(55)46-43-40-37-34-21-18-15-12-9-6-3)60-54(57)48-45-42-39-36-33-30-23-20-17-14-11-8-5-2/h20,23,51H,4-19,21-22,24-50H2,1-3H3/b23-20-/t51-/m1/s1. The van der Waals surface area contributed by atoms with Gasteiger partial charge in [0.25, 0.3) is 0 Å². The monoisotopic (exact) mass is 847 g/mol. The maximum absolute atomic E-state index is 12.8. The topological polar surface area (TPSA) is 78.9 Å². The van der Waals surface area contributed by atoms with Crippen LogP contribution in [0.4, 0.5) is 0 Å².